The normalized spacial score (nSPS) is 19.7. The van der Waals surface area contributed by atoms with Gasteiger partial charge >= 0.3 is 5.97 Å². The molecule has 142 valence electrons. The quantitative estimate of drug-likeness (QED) is 0.814. The maximum absolute atomic E-state index is 11.0. The highest BCUT2D eigenvalue weighted by Gasteiger charge is 2.38. The van der Waals surface area contributed by atoms with Gasteiger partial charge in [-0.3, -0.25) is 9.69 Å². The lowest BCUT2D eigenvalue weighted by atomic mass is 9.93. The lowest BCUT2D eigenvalue weighted by molar-refractivity contribution is -0.149. The van der Waals surface area contributed by atoms with Crippen molar-refractivity contribution in [1.82, 2.24) is 4.90 Å². The van der Waals surface area contributed by atoms with E-state index in [-0.39, 0.29) is 12.0 Å². The summed E-state index contributed by atoms with van der Waals surface area (Å²) in [5.41, 5.74) is 1.98. The van der Waals surface area contributed by atoms with Gasteiger partial charge in [-0.05, 0) is 30.2 Å². The summed E-state index contributed by atoms with van der Waals surface area (Å²) in [5, 5.41) is 10.2. The molecule has 0 aromatic heterocycles. The van der Waals surface area contributed by atoms with Crippen molar-refractivity contribution >= 4 is 29.2 Å². The van der Waals surface area contributed by atoms with Crippen LogP contribution < -0.4 is 9.47 Å². The van der Waals surface area contributed by atoms with E-state index < -0.39 is 5.97 Å². The first-order chi connectivity index (χ1) is 13.0. The summed E-state index contributed by atoms with van der Waals surface area (Å²) in [6, 6.07) is 11.4. The lowest BCUT2D eigenvalue weighted by Gasteiger charge is -2.43. The molecule has 1 fully saturated rings. The van der Waals surface area contributed by atoms with Crippen molar-refractivity contribution in [3.8, 4) is 11.5 Å². The first kappa shape index (κ1) is 18.4. The second-order valence-corrected chi connectivity index (χ2v) is 7.80. The Hall–Kier alpha value is -1.95. The SMILES string of the molecule is O=C(O)C1CN(C2COc3cc(OCc4ccc(Cl)cc4Cl)ccc3C2)C1. The number of aliphatic carboxylic acids is 1. The molecule has 1 unspecified atom stereocenters. The molecule has 2 aliphatic heterocycles. The van der Waals surface area contributed by atoms with Gasteiger partial charge in [0.25, 0.3) is 0 Å². The number of ether oxygens (including phenoxy) is 2. The number of benzene rings is 2. The van der Waals surface area contributed by atoms with Crippen LogP contribution in [-0.4, -0.2) is 41.7 Å². The van der Waals surface area contributed by atoms with Crippen LogP contribution in [0.3, 0.4) is 0 Å². The Morgan fingerprint density at radius 1 is 1.22 bits per heavy atom. The maximum Gasteiger partial charge on any atom is 0.309 e. The van der Waals surface area contributed by atoms with E-state index in [4.69, 9.17) is 37.8 Å². The van der Waals surface area contributed by atoms with Crippen molar-refractivity contribution in [2.45, 2.75) is 19.1 Å². The summed E-state index contributed by atoms with van der Waals surface area (Å²) in [6.07, 6.45) is 0.852. The summed E-state index contributed by atoms with van der Waals surface area (Å²) in [6.45, 7) is 2.11. The first-order valence-electron chi connectivity index (χ1n) is 8.79. The molecule has 0 aliphatic carbocycles. The number of hydrogen-bond acceptors (Lipinski definition) is 4. The van der Waals surface area contributed by atoms with E-state index in [0.29, 0.717) is 42.1 Å². The molecule has 1 atom stereocenters. The number of likely N-dealkylation sites (tertiary alicyclic amines) is 1. The number of carbonyl (C=O) groups is 1. The molecule has 0 amide bonds. The number of nitrogens with zero attached hydrogens (tertiary/aromatic N) is 1. The Bertz CT molecular complexity index is 867. The van der Waals surface area contributed by atoms with Gasteiger partial charge in [-0.25, -0.2) is 0 Å². The molecule has 27 heavy (non-hydrogen) atoms. The van der Waals surface area contributed by atoms with Crippen molar-refractivity contribution in [3.63, 3.8) is 0 Å². The molecule has 5 nitrogen and oxygen atoms in total. The van der Waals surface area contributed by atoms with Crippen LogP contribution in [0.25, 0.3) is 0 Å². The average Bonchev–Trinajstić information content (AvgIpc) is 2.59. The Labute approximate surface area is 167 Å². The molecule has 2 aromatic carbocycles. The van der Waals surface area contributed by atoms with E-state index in [0.717, 1.165) is 23.3 Å². The standard InChI is InChI=1S/C20H19Cl2NO4/c21-15-3-1-13(18(22)6-15)10-26-17-4-2-12-5-16(11-27-19(12)7-17)23-8-14(9-23)20(24)25/h1-4,6-7,14,16H,5,8-11H2,(H,24,25). The number of rotatable bonds is 5. The molecule has 7 heteroatoms. The number of halogens is 2. The first-order valence-corrected chi connectivity index (χ1v) is 9.54. The van der Waals surface area contributed by atoms with Gasteiger partial charge < -0.3 is 14.6 Å². The topological polar surface area (TPSA) is 59.0 Å². The minimum atomic E-state index is -0.717. The highest BCUT2D eigenvalue weighted by molar-refractivity contribution is 6.35. The van der Waals surface area contributed by atoms with Crippen molar-refractivity contribution in [2.75, 3.05) is 19.7 Å². The highest BCUT2D eigenvalue weighted by Crippen LogP contribution is 2.33. The fourth-order valence-corrected chi connectivity index (χ4v) is 3.89. The van der Waals surface area contributed by atoms with Gasteiger partial charge in [-0.15, -0.1) is 0 Å². The molecular weight excluding hydrogens is 389 g/mol. The Kier molecular flexibility index (Phi) is 5.17. The summed E-state index contributed by atoms with van der Waals surface area (Å²) in [5.74, 6) is 0.571. The summed E-state index contributed by atoms with van der Waals surface area (Å²) in [4.78, 5) is 13.1. The van der Waals surface area contributed by atoms with Crippen molar-refractivity contribution in [2.24, 2.45) is 5.92 Å². The molecular formula is C20H19Cl2NO4. The van der Waals surface area contributed by atoms with Crippen LogP contribution in [0.5, 0.6) is 11.5 Å². The van der Waals surface area contributed by atoms with Gasteiger partial charge in [0.15, 0.2) is 0 Å². The van der Waals surface area contributed by atoms with Crippen LogP contribution in [0.1, 0.15) is 11.1 Å². The smallest absolute Gasteiger partial charge is 0.309 e. The fourth-order valence-electron chi connectivity index (χ4n) is 3.43. The van der Waals surface area contributed by atoms with Crippen LogP contribution in [0.2, 0.25) is 10.0 Å². The summed E-state index contributed by atoms with van der Waals surface area (Å²) >= 11 is 12.1. The van der Waals surface area contributed by atoms with E-state index in [1.165, 1.54) is 0 Å². The van der Waals surface area contributed by atoms with Crippen LogP contribution in [0.4, 0.5) is 0 Å². The molecule has 2 heterocycles. The van der Waals surface area contributed by atoms with Gasteiger partial charge in [0, 0.05) is 40.8 Å². The second-order valence-electron chi connectivity index (χ2n) is 6.95. The molecule has 2 aliphatic rings. The van der Waals surface area contributed by atoms with Gasteiger partial charge in [0.1, 0.15) is 24.7 Å². The Balaban J connectivity index is 1.36. The van der Waals surface area contributed by atoms with Gasteiger partial charge in [-0.2, -0.15) is 0 Å². The minimum Gasteiger partial charge on any atom is -0.492 e. The number of carboxylic acid groups (broad SMARTS) is 1. The van der Waals surface area contributed by atoms with Crippen LogP contribution >= 0.6 is 23.2 Å². The zero-order chi connectivity index (χ0) is 19.0. The van der Waals surface area contributed by atoms with Crippen LogP contribution in [0.15, 0.2) is 36.4 Å². The molecule has 1 saturated heterocycles. The minimum absolute atomic E-state index is 0.229. The Morgan fingerprint density at radius 2 is 2.04 bits per heavy atom. The maximum atomic E-state index is 11.0. The third kappa shape index (κ3) is 4.00. The molecule has 1 N–H and O–H groups in total. The van der Waals surface area contributed by atoms with E-state index >= 15 is 0 Å². The van der Waals surface area contributed by atoms with Gasteiger partial charge in [-0.1, -0.05) is 35.3 Å². The molecule has 0 bridgehead atoms. The second kappa shape index (κ2) is 7.58. The van der Waals surface area contributed by atoms with Crippen LogP contribution in [-0.2, 0) is 17.8 Å². The molecule has 0 spiro atoms. The third-order valence-corrected chi connectivity index (χ3v) is 5.70. The molecule has 0 radical (unpaired) electrons. The Morgan fingerprint density at radius 3 is 2.78 bits per heavy atom. The molecule has 0 saturated carbocycles. The predicted molar refractivity (Wildman–Crippen MR) is 103 cm³/mol. The van der Waals surface area contributed by atoms with Crippen molar-refractivity contribution in [1.29, 1.82) is 0 Å². The van der Waals surface area contributed by atoms with E-state index in [2.05, 4.69) is 4.90 Å². The summed E-state index contributed by atoms with van der Waals surface area (Å²) < 4.78 is 11.8. The number of carboxylic acids is 1. The third-order valence-electron chi connectivity index (χ3n) is 5.11. The molecule has 2 aromatic rings. The van der Waals surface area contributed by atoms with Gasteiger partial charge in [0.05, 0.1) is 5.92 Å². The van der Waals surface area contributed by atoms with Gasteiger partial charge in [0.2, 0.25) is 0 Å². The van der Waals surface area contributed by atoms with E-state index in [9.17, 15) is 4.79 Å². The lowest BCUT2D eigenvalue weighted by Crippen LogP contribution is -2.57. The van der Waals surface area contributed by atoms with Crippen LogP contribution in [0, 0.1) is 5.92 Å². The predicted octanol–water partition coefficient (Wildman–Crippen LogP) is 3.89. The monoisotopic (exact) mass is 407 g/mol. The number of hydrogen-bond donors (Lipinski definition) is 1. The average molecular weight is 408 g/mol. The number of fused-ring (bicyclic) bond motifs is 1. The van der Waals surface area contributed by atoms with E-state index in [1.807, 2.05) is 24.3 Å². The molecule has 4 rings (SSSR count). The zero-order valence-electron chi connectivity index (χ0n) is 14.5. The van der Waals surface area contributed by atoms with E-state index in [1.54, 1.807) is 12.1 Å². The van der Waals surface area contributed by atoms with Crippen molar-refractivity contribution < 1.29 is 19.4 Å². The fraction of sp³-hybridized carbons (Fsp3) is 0.350. The largest absolute Gasteiger partial charge is 0.492 e. The zero-order valence-corrected chi connectivity index (χ0v) is 16.0. The highest BCUT2D eigenvalue weighted by atomic mass is 35.5. The van der Waals surface area contributed by atoms with Crippen molar-refractivity contribution in [3.05, 3.63) is 57.6 Å². The summed E-state index contributed by atoms with van der Waals surface area (Å²) in [7, 11) is 0.